The molecular weight excluding hydrogens is 250 g/mol. The second kappa shape index (κ2) is 4.58. The van der Waals surface area contributed by atoms with Crippen LogP contribution in [0.5, 0.6) is 0 Å². The van der Waals surface area contributed by atoms with Gasteiger partial charge >= 0.3 is 0 Å². The Balaban J connectivity index is 2.58. The predicted molar refractivity (Wildman–Crippen MR) is 66.8 cm³/mol. The number of nitrogens with zero attached hydrogens (tertiary/aromatic N) is 1. The quantitative estimate of drug-likeness (QED) is 0.794. The van der Waals surface area contributed by atoms with Crippen molar-refractivity contribution in [3.63, 3.8) is 0 Å². The van der Waals surface area contributed by atoms with E-state index in [0.29, 0.717) is 0 Å². The van der Waals surface area contributed by atoms with Crippen LogP contribution in [0.2, 0.25) is 0 Å². The van der Waals surface area contributed by atoms with Gasteiger partial charge in [0.2, 0.25) is 0 Å². The first kappa shape index (κ1) is 10.4. The fourth-order valence-electron chi connectivity index (χ4n) is 1.68. The molecule has 0 spiro atoms. The zero-order chi connectivity index (χ0) is 10.7. The molecule has 15 heavy (non-hydrogen) atoms. The number of aromatic nitrogens is 1. The lowest BCUT2D eigenvalue weighted by atomic mass is 10.0. The van der Waals surface area contributed by atoms with Gasteiger partial charge in [-0.05, 0) is 30.2 Å². The summed E-state index contributed by atoms with van der Waals surface area (Å²) >= 11 is 3.58. The molecule has 0 atom stereocenters. The number of pyridine rings is 1. The molecule has 2 aromatic rings. The van der Waals surface area contributed by atoms with Crippen LogP contribution < -0.4 is 0 Å². The van der Waals surface area contributed by atoms with Gasteiger partial charge in [0.1, 0.15) is 0 Å². The molecule has 1 aromatic heterocycles. The fraction of sp³-hybridized carbons (Fsp3) is 0.154. The Morgan fingerprint density at radius 1 is 1.13 bits per heavy atom. The third kappa shape index (κ3) is 2.10. The molecule has 0 radical (unpaired) electrons. The smallest absolute Gasteiger partial charge is 0.0705 e. The molecule has 0 aliphatic carbocycles. The second-order valence-corrected chi connectivity index (χ2v) is 4.19. The van der Waals surface area contributed by atoms with Crippen molar-refractivity contribution in [1.82, 2.24) is 4.98 Å². The molecule has 0 fully saturated rings. The molecule has 0 saturated heterocycles. The first-order valence-electron chi connectivity index (χ1n) is 5.01. The molecule has 0 bridgehead atoms. The minimum absolute atomic E-state index is 1.01. The van der Waals surface area contributed by atoms with Crippen molar-refractivity contribution < 1.29 is 0 Å². The lowest BCUT2D eigenvalue weighted by molar-refractivity contribution is 1.12. The first-order chi connectivity index (χ1) is 7.33. The first-order valence-corrected chi connectivity index (χ1v) is 5.81. The number of rotatable bonds is 2. The Labute approximate surface area is 98.3 Å². The standard InChI is InChI=1S/C13H12BrN/c1-2-10-11(6-5-7-12(10)14)13-8-3-4-9-15-13/h3-9H,2H2,1H3. The number of benzene rings is 1. The molecule has 2 heteroatoms. The highest BCUT2D eigenvalue weighted by Gasteiger charge is 2.06. The van der Waals surface area contributed by atoms with E-state index in [-0.39, 0.29) is 0 Å². The van der Waals surface area contributed by atoms with E-state index < -0.39 is 0 Å². The second-order valence-electron chi connectivity index (χ2n) is 3.33. The van der Waals surface area contributed by atoms with Crippen LogP contribution in [0.3, 0.4) is 0 Å². The molecule has 0 amide bonds. The van der Waals surface area contributed by atoms with Gasteiger partial charge in [-0.25, -0.2) is 0 Å². The van der Waals surface area contributed by atoms with E-state index in [9.17, 15) is 0 Å². The molecular formula is C13H12BrN. The third-order valence-electron chi connectivity index (χ3n) is 2.41. The topological polar surface area (TPSA) is 12.9 Å². The number of hydrogen-bond acceptors (Lipinski definition) is 1. The molecule has 0 saturated carbocycles. The molecule has 1 nitrogen and oxygen atoms in total. The Morgan fingerprint density at radius 3 is 2.67 bits per heavy atom. The minimum atomic E-state index is 1.01. The normalized spacial score (nSPS) is 10.3. The summed E-state index contributed by atoms with van der Waals surface area (Å²) in [6.45, 7) is 2.16. The molecule has 0 unspecified atom stereocenters. The van der Waals surface area contributed by atoms with Gasteiger partial charge in [-0.2, -0.15) is 0 Å². The lowest BCUT2D eigenvalue weighted by Crippen LogP contribution is -1.90. The van der Waals surface area contributed by atoms with Crippen molar-refractivity contribution in [2.24, 2.45) is 0 Å². The molecule has 0 aliphatic heterocycles. The summed E-state index contributed by atoms with van der Waals surface area (Å²) in [4.78, 5) is 4.38. The van der Waals surface area contributed by atoms with Gasteiger partial charge in [0.05, 0.1) is 5.69 Å². The van der Waals surface area contributed by atoms with Crippen molar-refractivity contribution in [3.05, 3.63) is 52.6 Å². The fourth-order valence-corrected chi connectivity index (χ4v) is 2.33. The van der Waals surface area contributed by atoms with Gasteiger partial charge in [-0.1, -0.05) is 41.1 Å². The lowest BCUT2D eigenvalue weighted by Gasteiger charge is -2.08. The molecule has 0 N–H and O–H groups in total. The van der Waals surface area contributed by atoms with Crippen molar-refractivity contribution in [3.8, 4) is 11.3 Å². The minimum Gasteiger partial charge on any atom is -0.256 e. The van der Waals surface area contributed by atoms with Crippen molar-refractivity contribution in [2.45, 2.75) is 13.3 Å². The maximum Gasteiger partial charge on any atom is 0.0705 e. The SMILES string of the molecule is CCc1c(Br)cccc1-c1ccccn1. The Bertz CT molecular complexity index is 451. The zero-order valence-electron chi connectivity index (χ0n) is 8.57. The highest BCUT2D eigenvalue weighted by molar-refractivity contribution is 9.10. The Hall–Kier alpha value is -1.15. The van der Waals surface area contributed by atoms with Crippen LogP contribution in [-0.2, 0) is 6.42 Å². The summed E-state index contributed by atoms with van der Waals surface area (Å²) in [7, 11) is 0. The van der Waals surface area contributed by atoms with Crippen LogP contribution in [0.15, 0.2) is 47.1 Å². The molecule has 2 rings (SSSR count). The van der Waals surface area contributed by atoms with Gasteiger partial charge in [-0.15, -0.1) is 0 Å². The van der Waals surface area contributed by atoms with Crippen LogP contribution >= 0.6 is 15.9 Å². The summed E-state index contributed by atoms with van der Waals surface area (Å²) in [5.41, 5.74) is 3.57. The average Bonchev–Trinajstić information content (AvgIpc) is 2.30. The van der Waals surface area contributed by atoms with Gasteiger partial charge in [0.25, 0.3) is 0 Å². The Morgan fingerprint density at radius 2 is 2.00 bits per heavy atom. The number of hydrogen-bond donors (Lipinski definition) is 0. The molecule has 1 aromatic carbocycles. The van der Waals surface area contributed by atoms with E-state index in [4.69, 9.17) is 0 Å². The van der Waals surface area contributed by atoms with Crippen molar-refractivity contribution >= 4 is 15.9 Å². The maximum atomic E-state index is 4.38. The summed E-state index contributed by atoms with van der Waals surface area (Å²) in [6, 6.07) is 12.2. The van der Waals surface area contributed by atoms with Gasteiger partial charge in [0, 0.05) is 16.2 Å². The monoisotopic (exact) mass is 261 g/mol. The van der Waals surface area contributed by atoms with Crippen LogP contribution in [0.1, 0.15) is 12.5 Å². The maximum absolute atomic E-state index is 4.38. The zero-order valence-corrected chi connectivity index (χ0v) is 10.2. The highest BCUT2D eigenvalue weighted by Crippen LogP contribution is 2.28. The van der Waals surface area contributed by atoms with E-state index in [2.05, 4.69) is 40.0 Å². The van der Waals surface area contributed by atoms with E-state index in [0.717, 1.165) is 16.6 Å². The number of halogens is 1. The predicted octanol–water partition coefficient (Wildman–Crippen LogP) is 4.07. The largest absolute Gasteiger partial charge is 0.256 e. The van der Waals surface area contributed by atoms with Gasteiger partial charge in [0.15, 0.2) is 0 Å². The molecule has 0 aliphatic rings. The average molecular weight is 262 g/mol. The Kier molecular flexibility index (Phi) is 3.17. The van der Waals surface area contributed by atoms with Crippen molar-refractivity contribution in [2.75, 3.05) is 0 Å². The summed E-state index contributed by atoms with van der Waals surface area (Å²) in [6.07, 6.45) is 2.84. The van der Waals surface area contributed by atoms with Crippen molar-refractivity contribution in [1.29, 1.82) is 0 Å². The van der Waals surface area contributed by atoms with Gasteiger partial charge in [-0.3, -0.25) is 4.98 Å². The van der Waals surface area contributed by atoms with E-state index >= 15 is 0 Å². The summed E-state index contributed by atoms with van der Waals surface area (Å²) in [5.74, 6) is 0. The van der Waals surface area contributed by atoms with Crippen LogP contribution in [0, 0.1) is 0 Å². The highest BCUT2D eigenvalue weighted by atomic mass is 79.9. The van der Waals surface area contributed by atoms with E-state index in [1.165, 1.54) is 11.1 Å². The van der Waals surface area contributed by atoms with E-state index in [1.54, 1.807) is 0 Å². The molecule has 76 valence electrons. The van der Waals surface area contributed by atoms with Crippen LogP contribution in [-0.4, -0.2) is 4.98 Å². The summed E-state index contributed by atoms with van der Waals surface area (Å²) in [5, 5.41) is 0. The van der Waals surface area contributed by atoms with E-state index in [1.807, 2.05) is 30.5 Å². The van der Waals surface area contributed by atoms with Gasteiger partial charge < -0.3 is 0 Å². The van der Waals surface area contributed by atoms with Crippen LogP contribution in [0.25, 0.3) is 11.3 Å². The van der Waals surface area contributed by atoms with Crippen LogP contribution in [0.4, 0.5) is 0 Å². The molecule has 1 heterocycles. The third-order valence-corrected chi connectivity index (χ3v) is 3.16. The summed E-state index contributed by atoms with van der Waals surface area (Å²) < 4.78 is 1.16.